The molecule has 6 heteroatoms. The second kappa shape index (κ2) is 8.47. The Morgan fingerprint density at radius 2 is 2.00 bits per heavy atom. The Hall–Kier alpha value is -0.970. The Balaban J connectivity index is 2.65. The number of carbonyl (C=O) groups is 1. The number of amides is 1. The molecule has 1 aromatic carbocycles. The maximum Gasteiger partial charge on any atom is 0.261 e. The van der Waals surface area contributed by atoms with Crippen LogP contribution in [-0.2, 0) is 4.79 Å². The van der Waals surface area contributed by atoms with Gasteiger partial charge in [0.05, 0.1) is 5.02 Å². The Morgan fingerprint density at radius 3 is 2.52 bits per heavy atom. The molecule has 0 radical (unpaired) electrons. The number of halogens is 2. The van der Waals surface area contributed by atoms with Crippen LogP contribution in [-0.4, -0.2) is 29.8 Å². The van der Waals surface area contributed by atoms with E-state index in [1.165, 1.54) is 0 Å². The van der Waals surface area contributed by atoms with E-state index < -0.39 is 6.10 Å². The molecule has 0 fully saturated rings. The van der Waals surface area contributed by atoms with Gasteiger partial charge >= 0.3 is 0 Å². The van der Waals surface area contributed by atoms with Gasteiger partial charge in [0.25, 0.3) is 5.91 Å². The second-order valence-corrected chi connectivity index (χ2v) is 6.05. The van der Waals surface area contributed by atoms with Gasteiger partial charge in [-0.1, -0.05) is 37.0 Å². The lowest BCUT2D eigenvalue weighted by atomic mass is 10.0. The number of rotatable bonds is 7. The molecule has 0 aliphatic carbocycles. The molecular weight excluding hydrogens is 313 g/mol. The summed E-state index contributed by atoms with van der Waals surface area (Å²) in [5.74, 6) is 0.396. The zero-order valence-electron chi connectivity index (χ0n) is 12.4. The van der Waals surface area contributed by atoms with Gasteiger partial charge in [-0.05, 0) is 37.5 Å². The number of hydrogen-bond acceptors (Lipinski definition) is 3. The minimum atomic E-state index is -0.691. The van der Waals surface area contributed by atoms with Crippen LogP contribution in [0.1, 0.15) is 27.2 Å². The number of aliphatic hydroxyl groups excluding tert-OH is 1. The van der Waals surface area contributed by atoms with Crippen LogP contribution in [0.5, 0.6) is 5.75 Å². The first-order valence-corrected chi connectivity index (χ1v) is 7.63. The molecule has 0 aromatic heterocycles. The van der Waals surface area contributed by atoms with E-state index >= 15 is 0 Å². The van der Waals surface area contributed by atoms with Crippen LogP contribution < -0.4 is 10.1 Å². The number of benzene rings is 1. The highest BCUT2D eigenvalue weighted by molar-refractivity contribution is 6.35. The largest absolute Gasteiger partial charge is 0.479 e. The van der Waals surface area contributed by atoms with Gasteiger partial charge in [-0.15, -0.1) is 0 Å². The normalized spacial score (nSPS) is 13.9. The first-order valence-electron chi connectivity index (χ1n) is 6.88. The maximum atomic E-state index is 12.1. The highest BCUT2D eigenvalue weighted by atomic mass is 35.5. The van der Waals surface area contributed by atoms with Crippen molar-refractivity contribution in [1.29, 1.82) is 0 Å². The molecule has 0 heterocycles. The number of aliphatic hydroxyl groups is 1. The van der Waals surface area contributed by atoms with Gasteiger partial charge in [-0.25, -0.2) is 0 Å². The molecule has 1 aromatic rings. The van der Waals surface area contributed by atoms with E-state index in [0.717, 1.165) is 0 Å². The summed E-state index contributed by atoms with van der Waals surface area (Å²) in [5, 5.41) is 12.8. The molecule has 0 spiro atoms. The summed E-state index contributed by atoms with van der Waals surface area (Å²) in [4.78, 5) is 12.1. The van der Waals surface area contributed by atoms with Crippen molar-refractivity contribution >= 4 is 29.1 Å². The van der Waals surface area contributed by atoms with E-state index in [1.54, 1.807) is 25.1 Å². The average Bonchev–Trinajstić information content (AvgIpc) is 2.41. The lowest BCUT2D eigenvalue weighted by Gasteiger charge is -2.24. The summed E-state index contributed by atoms with van der Waals surface area (Å²) in [6.07, 6.45) is -0.179. The third kappa shape index (κ3) is 5.73. The fourth-order valence-electron chi connectivity index (χ4n) is 1.83. The predicted molar refractivity (Wildman–Crippen MR) is 85.0 cm³/mol. The topological polar surface area (TPSA) is 58.6 Å². The van der Waals surface area contributed by atoms with Crippen molar-refractivity contribution in [3.63, 3.8) is 0 Å². The van der Waals surface area contributed by atoms with Crippen LogP contribution in [0.15, 0.2) is 18.2 Å². The Morgan fingerprint density at radius 1 is 1.33 bits per heavy atom. The van der Waals surface area contributed by atoms with Crippen molar-refractivity contribution in [1.82, 2.24) is 5.32 Å². The van der Waals surface area contributed by atoms with Crippen molar-refractivity contribution in [3.8, 4) is 5.75 Å². The van der Waals surface area contributed by atoms with Crippen LogP contribution in [0.3, 0.4) is 0 Å². The van der Waals surface area contributed by atoms with E-state index in [-0.39, 0.29) is 24.5 Å². The molecule has 2 unspecified atom stereocenters. The fraction of sp³-hybridized carbons (Fsp3) is 0.533. The average molecular weight is 334 g/mol. The highest BCUT2D eigenvalue weighted by Crippen LogP contribution is 2.28. The first kappa shape index (κ1) is 18.1. The molecule has 0 saturated carbocycles. The molecule has 4 nitrogen and oxygen atoms in total. The number of carbonyl (C=O) groups excluding carboxylic acids is 1. The summed E-state index contributed by atoms with van der Waals surface area (Å²) < 4.78 is 5.56. The van der Waals surface area contributed by atoms with Crippen LogP contribution in [0, 0.1) is 5.92 Å². The molecule has 0 aliphatic rings. The van der Waals surface area contributed by atoms with Gasteiger partial charge in [-0.2, -0.15) is 0 Å². The third-order valence-corrected chi connectivity index (χ3v) is 3.67. The minimum absolute atomic E-state index is 0.0291. The molecule has 2 atom stereocenters. The van der Waals surface area contributed by atoms with E-state index in [0.29, 0.717) is 22.2 Å². The summed E-state index contributed by atoms with van der Waals surface area (Å²) in [6, 6.07) is 4.75. The quantitative estimate of drug-likeness (QED) is 0.804. The zero-order valence-corrected chi connectivity index (χ0v) is 13.9. The van der Waals surface area contributed by atoms with Crippen molar-refractivity contribution in [2.24, 2.45) is 5.92 Å². The van der Waals surface area contributed by atoms with Gasteiger partial charge in [0.1, 0.15) is 5.75 Å². The van der Waals surface area contributed by atoms with Gasteiger partial charge in [-0.3, -0.25) is 4.79 Å². The molecule has 0 saturated heterocycles. The van der Waals surface area contributed by atoms with Crippen molar-refractivity contribution in [3.05, 3.63) is 28.2 Å². The monoisotopic (exact) mass is 333 g/mol. The molecule has 118 valence electrons. The number of hydrogen-bond donors (Lipinski definition) is 2. The Labute approximate surface area is 135 Å². The van der Waals surface area contributed by atoms with E-state index in [4.69, 9.17) is 33.0 Å². The maximum absolute atomic E-state index is 12.1. The second-order valence-electron chi connectivity index (χ2n) is 5.21. The van der Waals surface area contributed by atoms with Crippen molar-refractivity contribution in [2.75, 3.05) is 6.61 Å². The van der Waals surface area contributed by atoms with Crippen LogP contribution in [0.2, 0.25) is 10.0 Å². The zero-order chi connectivity index (χ0) is 16.0. The summed E-state index contributed by atoms with van der Waals surface area (Å²) >= 11 is 11.8. The smallest absolute Gasteiger partial charge is 0.261 e. The molecular formula is C15H21Cl2NO3. The fourth-order valence-corrected chi connectivity index (χ4v) is 2.28. The summed E-state index contributed by atoms with van der Waals surface area (Å²) in [6.45, 7) is 5.66. The molecule has 0 aliphatic heterocycles. The molecule has 21 heavy (non-hydrogen) atoms. The lowest BCUT2D eigenvalue weighted by Crippen LogP contribution is -2.45. The van der Waals surface area contributed by atoms with Crippen LogP contribution >= 0.6 is 23.2 Å². The predicted octanol–water partition coefficient (Wildman–Crippen LogP) is 3.28. The van der Waals surface area contributed by atoms with Gasteiger partial charge in [0.2, 0.25) is 0 Å². The van der Waals surface area contributed by atoms with Gasteiger partial charge in [0, 0.05) is 17.7 Å². The molecule has 0 bridgehead atoms. The lowest BCUT2D eigenvalue weighted by molar-refractivity contribution is -0.128. The van der Waals surface area contributed by atoms with Gasteiger partial charge < -0.3 is 15.2 Å². The minimum Gasteiger partial charge on any atom is -0.479 e. The summed E-state index contributed by atoms with van der Waals surface area (Å²) in [7, 11) is 0. The number of ether oxygens (including phenoxy) is 1. The van der Waals surface area contributed by atoms with E-state index in [2.05, 4.69) is 5.32 Å². The Bertz CT molecular complexity index is 480. The van der Waals surface area contributed by atoms with E-state index in [1.807, 2.05) is 13.8 Å². The van der Waals surface area contributed by atoms with Gasteiger partial charge in [0.15, 0.2) is 6.10 Å². The molecule has 1 rings (SSSR count). The standard InChI is InChI=1S/C15H21Cl2NO3/c1-9(2)13(6-7-19)18-15(20)10(3)21-14-5-4-11(16)8-12(14)17/h4-5,8-10,13,19H,6-7H2,1-3H3,(H,18,20). The number of nitrogens with one attached hydrogen (secondary N) is 1. The summed E-state index contributed by atoms with van der Waals surface area (Å²) in [5.41, 5.74) is 0. The highest BCUT2D eigenvalue weighted by Gasteiger charge is 2.21. The van der Waals surface area contributed by atoms with Crippen molar-refractivity contribution in [2.45, 2.75) is 39.3 Å². The Kier molecular flexibility index (Phi) is 7.29. The van der Waals surface area contributed by atoms with Crippen LogP contribution in [0.4, 0.5) is 0 Å². The molecule has 2 N–H and O–H groups in total. The van der Waals surface area contributed by atoms with Crippen molar-refractivity contribution < 1.29 is 14.6 Å². The third-order valence-electron chi connectivity index (χ3n) is 3.14. The molecule has 1 amide bonds. The van der Waals surface area contributed by atoms with Crippen LogP contribution in [0.25, 0.3) is 0 Å². The first-order chi connectivity index (χ1) is 9.85. The SMILES string of the molecule is CC(Oc1ccc(Cl)cc1Cl)C(=O)NC(CCO)C(C)C. The van der Waals surface area contributed by atoms with E-state index in [9.17, 15) is 4.79 Å².